The largest absolute Gasteiger partial charge is 0.345 e. The summed E-state index contributed by atoms with van der Waals surface area (Å²) >= 11 is 0. The van der Waals surface area contributed by atoms with Crippen LogP contribution in [0.3, 0.4) is 0 Å². The van der Waals surface area contributed by atoms with Gasteiger partial charge in [-0.25, -0.2) is 8.78 Å². The van der Waals surface area contributed by atoms with Gasteiger partial charge in [-0.05, 0) is 31.8 Å². The molecule has 1 heterocycles. The lowest BCUT2D eigenvalue weighted by molar-refractivity contribution is -0.136. The molecule has 0 saturated carbocycles. The predicted octanol–water partition coefficient (Wildman–Crippen LogP) is 1.33. The second kappa shape index (κ2) is 7.70. The van der Waals surface area contributed by atoms with Crippen LogP contribution in [0, 0.1) is 17.6 Å². The first-order valence-electron chi connectivity index (χ1n) is 7.89. The van der Waals surface area contributed by atoms with E-state index in [4.69, 9.17) is 0 Å². The third-order valence-corrected chi connectivity index (χ3v) is 4.18. The standard InChI is InChI=1S/C17H23F2N3O2/c1-20(2)6-7-22(10-12-4-5-14(18)15(19)8-12)17(24)13-9-16(23)21(3)11-13/h4-5,8,13H,6-7,9-11H2,1-3H3. The van der Waals surface area contributed by atoms with E-state index in [0.29, 0.717) is 25.2 Å². The Balaban J connectivity index is 2.12. The Morgan fingerprint density at radius 2 is 1.96 bits per heavy atom. The van der Waals surface area contributed by atoms with Crippen LogP contribution in [0.25, 0.3) is 0 Å². The lowest BCUT2D eigenvalue weighted by Gasteiger charge is -2.27. The van der Waals surface area contributed by atoms with Crippen LogP contribution in [0.1, 0.15) is 12.0 Å². The predicted molar refractivity (Wildman–Crippen MR) is 86.1 cm³/mol. The molecular formula is C17H23F2N3O2. The Kier molecular flexibility index (Phi) is 5.88. The average Bonchev–Trinajstić information content (AvgIpc) is 2.85. The van der Waals surface area contributed by atoms with Gasteiger partial charge >= 0.3 is 0 Å². The molecule has 1 atom stereocenters. The van der Waals surface area contributed by atoms with E-state index in [1.807, 2.05) is 19.0 Å². The van der Waals surface area contributed by atoms with Crippen LogP contribution in [0.4, 0.5) is 8.78 Å². The van der Waals surface area contributed by atoms with Crippen molar-refractivity contribution in [3.63, 3.8) is 0 Å². The van der Waals surface area contributed by atoms with Crippen molar-refractivity contribution in [3.05, 3.63) is 35.4 Å². The molecule has 132 valence electrons. The molecule has 1 aliphatic heterocycles. The van der Waals surface area contributed by atoms with Crippen molar-refractivity contribution in [3.8, 4) is 0 Å². The van der Waals surface area contributed by atoms with Crippen LogP contribution in [-0.2, 0) is 16.1 Å². The van der Waals surface area contributed by atoms with E-state index in [2.05, 4.69) is 0 Å². The maximum absolute atomic E-state index is 13.4. The molecular weight excluding hydrogens is 316 g/mol. The molecule has 7 heteroatoms. The van der Waals surface area contributed by atoms with Crippen LogP contribution >= 0.6 is 0 Å². The molecule has 0 spiro atoms. The molecule has 1 aromatic rings. The summed E-state index contributed by atoms with van der Waals surface area (Å²) in [6.07, 6.45) is 0.200. The zero-order valence-corrected chi connectivity index (χ0v) is 14.3. The first kappa shape index (κ1) is 18.3. The zero-order chi connectivity index (χ0) is 17.9. The number of amides is 2. The molecule has 1 fully saturated rings. The van der Waals surface area contributed by atoms with Crippen LogP contribution in [0.5, 0.6) is 0 Å². The first-order chi connectivity index (χ1) is 11.3. The molecule has 5 nitrogen and oxygen atoms in total. The maximum atomic E-state index is 13.4. The van der Waals surface area contributed by atoms with Crippen molar-refractivity contribution >= 4 is 11.8 Å². The molecule has 0 bridgehead atoms. The highest BCUT2D eigenvalue weighted by atomic mass is 19.2. The number of hydrogen-bond donors (Lipinski definition) is 0. The molecule has 1 unspecified atom stereocenters. The van der Waals surface area contributed by atoms with Gasteiger partial charge in [-0.3, -0.25) is 9.59 Å². The third kappa shape index (κ3) is 4.50. The summed E-state index contributed by atoms with van der Waals surface area (Å²) in [5, 5.41) is 0. The topological polar surface area (TPSA) is 43.9 Å². The SMILES string of the molecule is CN(C)CCN(Cc1ccc(F)c(F)c1)C(=O)C1CC(=O)N(C)C1. The highest BCUT2D eigenvalue weighted by Crippen LogP contribution is 2.20. The Morgan fingerprint density at radius 1 is 1.25 bits per heavy atom. The highest BCUT2D eigenvalue weighted by molar-refractivity contribution is 5.89. The molecule has 1 saturated heterocycles. The first-order valence-corrected chi connectivity index (χ1v) is 7.89. The number of nitrogens with zero attached hydrogens (tertiary/aromatic N) is 3. The van der Waals surface area contributed by atoms with Gasteiger partial charge in [0.1, 0.15) is 0 Å². The Hall–Kier alpha value is -2.02. The highest BCUT2D eigenvalue weighted by Gasteiger charge is 2.34. The Labute approximate surface area is 140 Å². The van der Waals surface area contributed by atoms with E-state index in [9.17, 15) is 18.4 Å². The van der Waals surface area contributed by atoms with Crippen molar-refractivity contribution in [1.29, 1.82) is 0 Å². The van der Waals surface area contributed by atoms with E-state index in [1.165, 1.54) is 6.07 Å². The fourth-order valence-electron chi connectivity index (χ4n) is 2.73. The molecule has 0 radical (unpaired) electrons. The van der Waals surface area contributed by atoms with Crippen LogP contribution in [-0.4, -0.2) is 67.3 Å². The molecule has 2 amide bonds. The number of carbonyl (C=O) groups is 2. The normalized spacial score (nSPS) is 17.7. The molecule has 0 aliphatic carbocycles. The smallest absolute Gasteiger partial charge is 0.228 e. The zero-order valence-electron chi connectivity index (χ0n) is 14.3. The monoisotopic (exact) mass is 339 g/mol. The van der Waals surface area contributed by atoms with Gasteiger partial charge in [0.15, 0.2) is 11.6 Å². The number of hydrogen-bond acceptors (Lipinski definition) is 3. The van der Waals surface area contributed by atoms with Crippen molar-refractivity contribution in [2.24, 2.45) is 5.92 Å². The number of benzene rings is 1. The second-order valence-electron chi connectivity index (χ2n) is 6.49. The van der Waals surface area contributed by atoms with Crippen molar-refractivity contribution in [2.45, 2.75) is 13.0 Å². The van der Waals surface area contributed by atoms with Gasteiger partial charge in [-0.1, -0.05) is 6.07 Å². The van der Waals surface area contributed by atoms with Crippen molar-refractivity contribution in [1.82, 2.24) is 14.7 Å². The van der Waals surface area contributed by atoms with Crippen molar-refractivity contribution in [2.75, 3.05) is 40.8 Å². The molecule has 1 aromatic carbocycles. The van der Waals surface area contributed by atoms with Crippen molar-refractivity contribution < 1.29 is 18.4 Å². The van der Waals surface area contributed by atoms with E-state index in [1.54, 1.807) is 16.8 Å². The minimum atomic E-state index is -0.928. The maximum Gasteiger partial charge on any atom is 0.228 e. The number of halogens is 2. The van der Waals surface area contributed by atoms with Gasteiger partial charge in [0.2, 0.25) is 11.8 Å². The van der Waals surface area contributed by atoms with E-state index in [-0.39, 0.29) is 30.7 Å². The Bertz CT molecular complexity index is 622. The molecule has 1 aliphatic rings. The van der Waals surface area contributed by atoms with E-state index < -0.39 is 11.6 Å². The summed E-state index contributed by atoms with van der Waals surface area (Å²) in [5.74, 6) is -2.39. The lowest BCUT2D eigenvalue weighted by Crippen LogP contribution is -2.40. The van der Waals surface area contributed by atoms with Gasteiger partial charge in [0.25, 0.3) is 0 Å². The van der Waals surface area contributed by atoms with Gasteiger partial charge in [0, 0.05) is 39.6 Å². The van der Waals surface area contributed by atoms with Gasteiger partial charge in [-0.15, -0.1) is 0 Å². The quantitative estimate of drug-likeness (QED) is 0.785. The molecule has 0 aromatic heterocycles. The van der Waals surface area contributed by atoms with Gasteiger partial charge < -0.3 is 14.7 Å². The molecule has 0 N–H and O–H groups in total. The summed E-state index contributed by atoms with van der Waals surface area (Å²) in [4.78, 5) is 29.5. The van der Waals surface area contributed by atoms with Crippen LogP contribution < -0.4 is 0 Å². The average molecular weight is 339 g/mol. The van der Waals surface area contributed by atoms with E-state index in [0.717, 1.165) is 12.1 Å². The number of likely N-dealkylation sites (N-methyl/N-ethyl adjacent to an activating group) is 1. The second-order valence-corrected chi connectivity index (χ2v) is 6.49. The van der Waals surface area contributed by atoms with Crippen LogP contribution in [0.2, 0.25) is 0 Å². The number of carbonyl (C=O) groups excluding carboxylic acids is 2. The minimum Gasteiger partial charge on any atom is -0.345 e. The number of rotatable bonds is 6. The molecule has 24 heavy (non-hydrogen) atoms. The van der Waals surface area contributed by atoms with Gasteiger partial charge in [-0.2, -0.15) is 0 Å². The summed E-state index contributed by atoms with van der Waals surface area (Å²) in [7, 11) is 5.47. The molecule has 2 rings (SSSR count). The summed E-state index contributed by atoms with van der Waals surface area (Å²) in [5.41, 5.74) is 0.527. The summed E-state index contributed by atoms with van der Waals surface area (Å²) in [6.45, 7) is 1.69. The Morgan fingerprint density at radius 3 is 2.50 bits per heavy atom. The lowest BCUT2D eigenvalue weighted by atomic mass is 10.1. The fraction of sp³-hybridized carbons (Fsp3) is 0.529. The minimum absolute atomic E-state index is 0.0475. The summed E-state index contributed by atoms with van der Waals surface area (Å²) in [6, 6.07) is 3.64. The van der Waals surface area contributed by atoms with Gasteiger partial charge in [0.05, 0.1) is 5.92 Å². The van der Waals surface area contributed by atoms with E-state index >= 15 is 0 Å². The third-order valence-electron chi connectivity index (χ3n) is 4.18. The fourth-order valence-corrected chi connectivity index (χ4v) is 2.73. The van der Waals surface area contributed by atoms with Crippen LogP contribution in [0.15, 0.2) is 18.2 Å². The summed E-state index contributed by atoms with van der Waals surface area (Å²) < 4.78 is 26.5. The number of likely N-dealkylation sites (tertiary alicyclic amines) is 1.